The molecule has 0 fully saturated rings. The van der Waals surface area contributed by atoms with Crippen molar-refractivity contribution < 1.29 is 9.21 Å². The average molecular weight is 340 g/mol. The summed E-state index contributed by atoms with van der Waals surface area (Å²) in [6.45, 7) is 4.06. The predicted octanol–water partition coefficient (Wildman–Crippen LogP) is 5.19. The van der Waals surface area contributed by atoms with Gasteiger partial charge in [0, 0.05) is 6.08 Å². The summed E-state index contributed by atoms with van der Waals surface area (Å²) in [7, 11) is 0. The number of furan rings is 1. The third kappa shape index (κ3) is 4.11. The van der Waals surface area contributed by atoms with Crippen LogP contribution in [0.15, 0.2) is 40.8 Å². The van der Waals surface area contributed by atoms with Crippen molar-refractivity contribution in [1.29, 1.82) is 0 Å². The monoisotopic (exact) mass is 340 g/mol. The van der Waals surface area contributed by atoms with Gasteiger partial charge in [0.15, 0.2) is 5.13 Å². The Morgan fingerprint density at radius 2 is 2.21 bits per heavy atom. The maximum absolute atomic E-state index is 12.0. The molecule has 0 atom stereocenters. The van der Waals surface area contributed by atoms with E-state index >= 15 is 0 Å². The zero-order valence-electron chi connectivity index (χ0n) is 13.8. The van der Waals surface area contributed by atoms with Gasteiger partial charge in [0.05, 0.1) is 10.2 Å². The van der Waals surface area contributed by atoms with E-state index in [0.29, 0.717) is 10.9 Å². The Kier molecular flexibility index (Phi) is 5.11. The first-order valence-electron chi connectivity index (χ1n) is 8.09. The molecule has 0 aliphatic heterocycles. The van der Waals surface area contributed by atoms with Gasteiger partial charge >= 0.3 is 0 Å². The summed E-state index contributed by atoms with van der Waals surface area (Å²) < 4.78 is 6.50. The molecule has 3 rings (SSSR count). The molecule has 4 nitrogen and oxygen atoms in total. The molecule has 1 aromatic carbocycles. The minimum absolute atomic E-state index is 0.214. The lowest BCUT2D eigenvalue weighted by Crippen LogP contribution is -2.07. The van der Waals surface area contributed by atoms with Crippen LogP contribution < -0.4 is 5.32 Å². The Labute approximate surface area is 145 Å². The number of hydrogen-bond donors (Lipinski definition) is 1. The van der Waals surface area contributed by atoms with Crippen LogP contribution in [0.3, 0.4) is 0 Å². The van der Waals surface area contributed by atoms with Crippen molar-refractivity contribution in [2.75, 3.05) is 5.32 Å². The molecule has 1 N–H and O–H groups in total. The quantitative estimate of drug-likeness (QED) is 0.628. The summed E-state index contributed by atoms with van der Waals surface area (Å²) in [6.07, 6.45) is 6.56. The first kappa shape index (κ1) is 16.5. The van der Waals surface area contributed by atoms with E-state index in [4.69, 9.17) is 4.42 Å². The minimum atomic E-state index is -0.214. The first-order chi connectivity index (χ1) is 11.6. The molecule has 0 saturated heterocycles. The minimum Gasteiger partial charge on any atom is -0.462 e. The van der Waals surface area contributed by atoms with Gasteiger partial charge in [-0.3, -0.25) is 10.1 Å². The molecule has 0 spiro atoms. The van der Waals surface area contributed by atoms with Crippen LogP contribution in [-0.2, 0) is 11.2 Å². The lowest BCUT2D eigenvalue weighted by atomic mass is 10.1. The largest absolute Gasteiger partial charge is 0.462 e. The second-order valence-electron chi connectivity index (χ2n) is 5.70. The number of anilines is 1. The highest BCUT2D eigenvalue weighted by Gasteiger charge is 2.07. The van der Waals surface area contributed by atoms with Gasteiger partial charge in [-0.25, -0.2) is 4.98 Å². The normalized spacial score (nSPS) is 11.4. The number of benzene rings is 1. The van der Waals surface area contributed by atoms with Crippen LogP contribution in [0.2, 0.25) is 0 Å². The molecule has 0 unspecified atom stereocenters. The SMILES string of the molecule is CCCCc1ccc2nc(NC(=O)/C=C/c3ccc(C)o3)sc2c1. The lowest BCUT2D eigenvalue weighted by Gasteiger charge is -1.98. The fourth-order valence-corrected chi connectivity index (χ4v) is 3.34. The highest BCUT2D eigenvalue weighted by Crippen LogP contribution is 2.27. The number of thiazole rings is 1. The molecule has 2 heterocycles. The number of carbonyl (C=O) groups is 1. The van der Waals surface area contributed by atoms with E-state index in [1.54, 1.807) is 6.08 Å². The van der Waals surface area contributed by atoms with Gasteiger partial charge in [0.25, 0.3) is 0 Å². The Balaban J connectivity index is 1.68. The van der Waals surface area contributed by atoms with E-state index in [0.717, 1.165) is 22.4 Å². The van der Waals surface area contributed by atoms with E-state index in [2.05, 4.69) is 29.4 Å². The van der Waals surface area contributed by atoms with Gasteiger partial charge in [-0.15, -0.1) is 0 Å². The maximum atomic E-state index is 12.0. The number of amides is 1. The number of nitrogens with one attached hydrogen (secondary N) is 1. The number of rotatable bonds is 6. The van der Waals surface area contributed by atoms with Gasteiger partial charge < -0.3 is 4.42 Å². The third-order valence-electron chi connectivity index (χ3n) is 3.66. The van der Waals surface area contributed by atoms with Crippen LogP contribution >= 0.6 is 11.3 Å². The van der Waals surface area contributed by atoms with Crippen LogP contribution in [-0.4, -0.2) is 10.9 Å². The molecule has 0 radical (unpaired) electrons. The highest BCUT2D eigenvalue weighted by molar-refractivity contribution is 7.22. The molecular weight excluding hydrogens is 320 g/mol. The molecule has 1 amide bonds. The van der Waals surface area contributed by atoms with E-state index < -0.39 is 0 Å². The van der Waals surface area contributed by atoms with E-state index in [9.17, 15) is 4.79 Å². The molecule has 0 saturated carbocycles. The molecule has 3 aromatic rings. The fraction of sp³-hybridized carbons (Fsp3) is 0.263. The number of hydrogen-bond acceptors (Lipinski definition) is 4. The third-order valence-corrected chi connectivity index (χ3v) is 4.60. The second kappa shape index (κ2) is 7.45. The summed E-state index contributed by atoms with van der Waals surface area (Å²) >= 11 is 1.50. The number of carbonyl (C=O) groups excluding carboxylic acids is 1. The van der Waals surface area contributed by atoms with Crippen molar-refractivity contribution in [1.82, 2.24) is 4.98 Å². The van der Waals surface area contributed by atoms with Crippen molar-refractivity contribution in [3.63, 3.8) is 0 Å². The second-order valence-corrected chi connectivity index (χ2v) is 6.73. The lowest BCUT2D eigenvalue weighted by molar-refractivity contribution is -0.111. The van der Waals surface area contributed by atoms with Crippen molar-refractivity contribution in [2.45, 2.75) is 33.1 Å². The Hall–Kier alpha value is -2.40. The van der Waals surface area contributed by atoms with Gasteiger partial charge in [-0.1, -0.05) is 30.7 Å². The van der Waals surface area contributed by atoms with Crippen LogP contribution in [0.25, 0.3) is 16.3 Å². The van der Waals surface area contributed by atoms with Crippen molar-refractivity contribution in [3.05, 3.63) is 53.5 Å². The Morgan fingerprint density at radius 1 is 1.33 bits per heavy atom. The Bertz CT molecular complexity index is 877. The number of aromatic nitrogens is 1. The summed E-state index contributed by atoms with van der Waals surface area (Å²) in [6, 6.07) is 9.99. The summed E-state index contributed by atoms with van der Waals surface area (Å²) in [5.41, 5.74) is 2.24. The van der Waals surface area contributed by atoms with Crippen LogP contribution in [0.4, 0.5) is 5.13 Å². The topological polar surface area (TPSA) is 55.1 Å². The molecule has 0 bridgehead atoms. The van der Waals surface area contributed by atoms with Gasteiger partial charge in [0.1, 0.15) is 11.5 Å². The zero-order chi connectivity index (χ0) is 16.9. The number of fused-ring (bicyclic) bond motifs is 1. The van der Waals surface area contributed by atoms with Gasteiger partial charge in [-0.05, 0) is 55.7 Å². The molecule has 0 aliphatic rings. The summed E-state index contributed by atoms with van der Waals surface area (Å²) in [5.74, 6) is 1.27. The van der Waals surface area contributed by atoms with E-state index in [1.807, 2.05) is 25.1 Å². The summed E-state index contributed by atoms with van der Waals surface area (Å²) in [5, 5.41) is 3.42. The molecule has 5 heteroatoms. The zero-order valence-corrected chi connectivity index (χ0v) is 14.7. The number of nitrogens with zero attached hydrogens (tertiary/aromatic N) is 1. The molecule has 124 valence electrons. The number of aryl methyl sites for hydroxylation is 2. The van der Waals surface area contributed by atoms with E-state index in [-0.39, 0.29) is 5.91 Å². The number of unbranched alkanes of at least 4 members (excludes halogenated alkanes) is 1. The van der Waals surface area contributed by atoms with Crippen molar-refractivity contribution in [3.8, 4) is 0 Å². The van der Waals surface area contributed by atoms with Crippen LogP contribution in [0.1, 0.15) is 36.8 Å². The van der Waals surface area contributed by atoms with Gasteiger partial charge in [-0.2, -0.15) is 0 Å². The Morgan fingerprint density at radius 3 is 2.96 bits per heavy atom. The van der Waals surface area contributed by atoms with Crippen molar-refractivity contribution >= 4 is 38.7 Å². The first-order valence-corrected chi connectivity index (χ1v) is 8.90. The highest BCUT2D eigenvalue weighted by atomic mass is 32.1. The fourth-order valence-electron chi connectivity index (χ4n) is 2.41. The maximum Gasteiger partial charge on any atom is 0.250 e. The molecular formula is C19H20N2O2S. The smallest absolute Gasteiger partial charge is 0.250 e. The summed E-state index contributed by atoms with van der Waals surface area (Å²) in [4.78, 5) is 16.5. The van der Waals surface area contributed by atoms with E-state index in [1.165, 1.54) is 35.8 Å². The van der Waals surface area contributed by atoms with Crippen molar-refractivity contribution in [2.24, 2.45) is 0 Å². The van der Waals surface area contributed by atoms with Crippen LogP contribution in [0.5, 0.6) is 0 Å². The average Bonchev–Trinajstić information content (AvgIpc) is 3.15. The molecule has 0 aliphatic carbocycles. The molecule has 24 heavy (non-hydrogen) atoms. The standard InChI is InChI=1S/C19H20N2O2S/c1-3-4-5-14-7-10-16-17(12-14)24-19(20-16)21-18(22)11-9-15-8-6-13(2)23-15/h6-12H,3-5H2,1-2H3,(H,20,21,22)/b11-9+. The predicted molar refractivity (Wildman–Crippen MR) is 99.3 cm³/mol. The molecule has 2 aromatic heterocycles. The van der Waals surface area contributed by atoms with Gasteiger partial charge in [0.2, 0.25) is 5.91 Å². The van der Waals surface area contributed by atoms with Crippen LogP contribution in [0, 0.1) is 6.92 Å².